The van der Waals surface area contributed by atoms with Gasteiger partial charge in [-0.05, 0) is 18.4 Å². The second-order valence-corrected chi connectivity index (χ2v) is 6.33. The lowest BCUT2D eigenvalue weighted by Crippen LogP contribution is -2.03. The predicted molar refractivity (Wildman–Crippen MR) is 93.5 cm³/mol. The van der Waals surface area contributed by atoms with Crippen molar-refractivity contribution in [2.75, 3.05) is 0 Å². The van der Waals surface area contributed by atoms with Crippen molar-refractivity contribution in [3.63, 3.8) is 0 Å². The van der Waals surface area contributed by atoms with E-state index in [1.165, 1.54) is 83.5 Å². The Morgan fingerprint density at radius 3 is 1.43 bits per heavy atom. The van der Waals surface area contributed by atoms with E-state index in [0.29, 0.717) is 0 Å². The maximum atomic E-state index is 8.67. The fraction of sp³-hybridized carbons (Fsp3) is 1.00. The molecule has 0 aliphatic carbocycles. The van der Waals surface area contributed by atoms with Crippen LogP contribution in [0.3, 0.4) is 0 Å². The minimum atomic E-state index is 0.247. The molecule has 3 nitrogen and oxygen atoms in total. The lowest BCUT2D eigenvalue weighted by molar-refractivity contribution is 0.481. The molecule has 0 aliphatic rings. The first kappa shape index (κ1) is 20.3. The van der Waals surface area contributed by atoms with Gasteiger partial charge in [-0.3, -0.25) is 0 Å². The largest absolute Gasteiger partial charge is 0.0906 e. The molecule has 0 aromatic rings. The molecule has 0 radical (unpaired) electrons. The zero-order chi connectivity index (χ0) is 15.6. The first-order valence-corrected chi connectivity index (χ1v) is 9.39. The second kappa shape index (κ2) is 17.4. The summed E-state index contributed by atoms with van der Waals surface area (Å²) in [5.41, 5.74) is 8.67. The number of hydrogen-bond acceptors (Lipinski definition) is 1. The smallest absolute Gasteiger partial charge is 0.0374 e. The zero-order valence-electron chi connectivity index (χ0n) is 14.5. The van der Waals surface area contributed by atoms with E-state index < -0.39 is 0 Å². The van der Waals surface area contributed by atoms with Crippen molar-refractivity contribution < 1.29 is 0 Å². The molecule has 0 heterocycles. The van der Waals surface area contributed by atoms with Gasteiger partial charge in [0.25, 0.3) is 0 Å². The molecule has 0 N–H and O–H groups in total. The van der Waals surface area contributed by atoms with Gasteiger partial charge in [0.15, 0.2) is 0 Å². The first-order valence-electron chi connectivity index (χ1n) is 9.39. The standard InChI is InChI=1S/C18H37N3/c1-3-5-7-9-11-13-15-17-18(20-21-19)16-14-12-10-8-6-4-2/h18H,3-17H2,1-2H3. The highest BCUT2D eigenvalue weighted by molar-refractivity contribution is 4.67. The van der Waals surface area contributed by atoms with Crippen molar-refractivity contribution in [2.24, 2.45) is 5.11 Å². The Balaban J connectivity index is 3.51. The molecule has 21 heavy (non-hydrogen) atoms. The van der Waals surface area contributed by atoms with Crippen LogP contribution in [0, 0.1) is 0 Å². The summed E-state index contributed by atoms with van der Waals surface area (Å²) < 4.78 is 0. The van der Waals surface area contributed by atoms with Crippen LogP contribution >= 0.6 is 0 Å². The maximum absolute atomic E-state index is 8.67. The molecule has 0 saturated carbocycles. The zero-order valence-corrected chi connectivity index (χ0v) is 14.5. The average molecular weight is 296 g/mol. The minimum absolute atomic E-state index is 0.247. The summed E-state index contributed by atoms with van der Waals surface area (Å²) in [6.07, 6.45) is 19.4. The molecule has 0 amide bonds. The van der Waals surface area contributed by atoms with Crippen LogP contribution in [0.25, 0.3) is 10.4 Å². The fourth-order valence-corrected chi connectivity index (χ4v) is 2.83. The molecule has 124 valence electrons. The monoisotopic (exact) mass is 295 g/mol. The Labute approximate surface area is 132 Å². The van der Waals surface area contributed by atoms with Gasteiger partial charge >= 0.3 is 0 Å². The van der Waals surface area contributed by atoms with E-state index in [9.17, 15) is 0 Å². The lowest BCUT2D eigenvalue weighted by atomic mass is 10.0. The number of azide groups is 1. The summed E-state index contributed by atoms with van der Waals surface area (Å²) >= 11 is 0. The number of unbranched alkanes of at least 4 members (excludes halogenated alkanes) is 11. The summed E-state index contributed by atoms with van der Waals surface area (Å²) in [5, 5.41) is 3.99. The van der Waals surface area contributed by atoms with Gasteiger partial charge in [0, 0.05) is 11.0 Å². The van der Waals surface area contributed by atoms with Crippen LogP contribution in [0.15, 0.2) is 5.11 Å². The van der Waals surface area contributed by atoms with E-state index >= 15 is 0 Å². The van der Waals surface area contributed by atoms with Crippen molar-refractivity contribution >= 4 is 0 Å². The highest BCUT2D eigenvalue weighted by Crippen LogP contribution is 2.16. The van der Waals surface area contributed by atoms with E-state index in [0.717, 1.165) is 12.8 Å². The van der Waals surface area contributed by atoms with Gasteiger partial charge in [-0.15, -0.1) is 0 Å². The van der Waals surface area contributed by atoms with Crippen molar-refractivity contribution in [3.8, 4) is 0 Å². The third kappa shape index (κ3) is 15.5. The summed E-state index contributed by atoms with van der Waals surface area (Å²) in [6.45, 7) is 4.51. The summed E-state index contributed by atoms with van der Waals surface area (Å²) in [7, 11) is 0. The highest BCUT2D eigenvalue weighted by Gasteiger charge is 2.05. The number of hydrogen-bond donors (Lipinski definition) is 0. The molecule has 0 fully saturated rings. The van der Waals surface area contributed by atoms with Crippen LogP contribution in [0.1, 0.15) is 110 Å². The molecule has 3 heteroatoms. The summed E-state index contributed by atoms with van der Waals surface area (Å²) in [6, 6.07) is 0.247. The van der Waals surface area contributed by atoms with Crippen LogP contribution in [-0.2, 0) is 0 Å². The van der Waals surface area contributed by atoms with Gasteiger partial charge in [-0.1, -0.05) is 102 Å². The molecular weight excluding hydrogens is 258 g/mol. The van der Waals surface area contributed by atoms with Gasteiger partial charge in [0.05, 0.1) is 0 Å². The van der Waals surface area contributed by atoms with E-state index in [4.69, 9.17) is 5.53 Å². The molecule has 1 atom stereocenters. The third-order valence-electron chi connectivity index (χ3n) is 4.25. The molecule has 0 aromatic heterocycles. The van der Waals surface area contributed by atoms with Crippen molar-refractivity contribution in [2.45, 2.75) is 116 Å². The van der Waals surface area contributed by atoms with Gasteiger partial charge in [-0.25, -0.2) is 0 Å². The predicted octanol–water partition coefficient (Wildman–Crippen LogP) is 7.56. The van der Waals surface area contributed by atoms with Crippen molar-refractivity contribution in [1.82, 2.24) is 0 Å². The Hall–Kier alpha value is -0.690. The molecule has 0 bridgehead atoms. The molecule has 1 unspecified atom stereocenters. The van der Waals surface area contributed by atoms with Crippen molar-refractivity contribution in [1.29, 1.82) is 0 Å². The topological polar surface area (TPSA) is 48.8 Å². The molecule has 0 rings (SSSR count). The minimum Gasteiger partial charge on any atom is -0.0906 e. The second-order valence-electron chi connectivity index (χ2n) is 6.33. The van der Waals surface area contributed by atoms with Gasteiger partial charge in [0.1, 0.15) is 0 Å². The molecule has 0 aromatic carbocycles. The normalized spacial score (nSPS) is 12.1. The van der Waals surface area contributed by atoms with Gasteiger partial charge in [0.2, 0.25) is 0 Å². The molecule has 0 aliphatic heterocycles. The van der Waals surface area contributed by atoms with Crippen LogP contribution in [0.2, 0.25) is 0 Å². The lowest BCUT2D eigenvalue weighted by Gasteiger charge is -2.10. The Bertz CT molecular complexity index is 247. The van der Waals surface area contributed by atoms with Crippen LogP contribution in [0.4, 0.5) is 0 Å². The number of rotatable bonds is 16. The fourth-order valence-electron chi connectivity index (χ4n) is 2.83. The number of nitrogens with zero attached hydrogens (tertiary/aromatic N) is 3. The van der Waals surface area contributed by atoms with E-state index in [1.807, 2.05) is 0 Å². The van der Waals surface area contributed by atoms with E-state index in [-0.39, 0.29) is 6.04 Å². The summed E-state index contributed by atoms with van der Waals surface area (Å²) in [4.78, 5) is 3.03. The van der Waals surface area contributed by atoms with Gasteiger partial charge < -0.3 is 0 Å². The van der Waals surface area contributed by atoms with Crippen LogP contribution < -0.4 is 0 Å². The third-order valence-corrected chi connectivity index (χ3v) is 4.25. The first-order chi connectivity index (χ1) is 10.3. The quantitative estimate of drug-likeness (QED) is 0.122. The maximum Gasteiger partial charge on any atom is 0.0374 e. The molecule has 0 spiro atoms. The molecule has 0 saturated heterocycles. The SMILES string of the molecule is CCCCCCCCCC(CCCCCCCC)N=[N+]=[N-]. The molecular formula is C18H37N3. The van der Waals surface area contributed by atoms with Crippen LogP contribution in [0.5, 0.6) is 0 Å². The Morgan fingerprint density at radius 1 is 0.667 bits per heavy atom. The Morgan fingerprint density at radius 2 is 1.05 bits per heavy atom. The highest BCUT2D eigenvalue weighted by atomic mass is 15.1. The van der Waals surface area contributed by atoms with Crippen LogP contribution in [-0.4, -0.2) is 6.04 Å². The average Bonchev–Trinajstić information content (AvgIpc) is 2.49. The summed E-state index contributed by atoms with van der Waals surface area (Å²) in [5.74, 6) is 0. The van der Waals surface area contributed by atoms with Gasteiger partial charge in [-0.2, -0.15) is 0 Å². The van der Waals surface area contributed by atoms with Crippen molar-refractivity contribution in [3.05, 3.63) is 10.4 Å². The van der Waals surface area contributed by atoms with E-state index in [2.05, 4.69) is 23.9 Å². The van der Waals surface area contributed by atoms with E-state index in [1.54, 1.807) is 0 Å². The Kier molecular flexibility index (Phi) is 16.8.